The van der Waals surface area contributed by atoms with Crippen LogP contribution in [0.4, 0.5) is 0 Å². The van der Waals surface area contributed by atoms with Crippen LogP contribution >= 0.6 is 11.6 Å². The van der Waals surface area contributed by atoms with E-state index in [9.17, 15) is 4.79 Å². The number of hydrogen-bond donors (Lipinski definition) is 2. The van der Waals surface area contributed by atoms with Crippen molar-refractivity contribution in [2.75, 3.05) is 6.61 Å². The maximum atomic E-state index is 12.0. The van der Waals surface area contributed by atoms with Crippen molar-refractivity contribution in [2.24, 2.45) is 7.05 Å². The normalized spacial score (nSPS) is 12.6. The van der Waals surface area contributed by atoms with Gasteiger partial charge in [-0.3, -0.25) is 4.79 Å². The third kappa shape index (κ3) is 2.88. The molecule has 102 valence electrons. The number of aryl methyl sites for hydroxylation is 1. The van der Waals surface area contributed by atoms with Gasteiger partial charge in [0.1, 0.15) is 0 Å². The summed E-state index contributed by atoms with van der Waals surface area (Å²) >= 11 is 5.93. The van der Waals surface area contributed by atoms with E-state index in [-0.39, 0.29) is 18.6 Å². The highest BCUT2D eigenvalue weighted by molar-refractivity contribution is 6.29. The first-order valence-electron chi connectivity index (χ1n) is 6.06. The molecule has 1 aromatic heterocycles. The van der Waals surface area contributed by atoms with E-state index >= 15 is 0 Å². The number of halogens is 1. The highest BCUT2D eigenvalue weighted by Gasteiger charge is 2.12. The van der Waals surface area contributed by atoms with Gasteiger partial charge in [-0.2, -0.15) is 0 Å². The largest absolute Gasteiger partial charge is 0.396 e. The summed E-state index contributed by atoms with van der Waals surface area (Å²) in [5.41, 5.74) is 2.10. The number of aliphatic hydroxyl groups excluding tert-OH is 1. The van der Waals surface area contributed by atoms with Crippen molar-refractivity contribution in [3.05, 3.63) is 29.0 Å². The van der Waals surface area contributed by atoms with Crippen LogP contribution in [0.25, 0.3) is 11.0 Å². The first kappa shape index (κ1) is 13.8. The van der Waals surface area contributed by atoms with Crippen molar-refractivity contribution < 1.29 is 9.90 Å². The highest BCUT2D eigenvalue weighted by Crippen LogP contribution is 2.19. The molecule has 2 aromatic rings. The van der Waals surface area contributed by atoms with Crippen LogP contribution in [0, 0.1) is 0 Å². The molecule has 0 fully saturated rings. The number of fused-ring (bicyclic) bond motifs is 1. The number of nitrogens with zero attached hydrogens (tertiary/aromatic N) is 2. The van der Waals surface area contributed by atoms with Crippen LogP contribution in [0.15, 0.2) is 18.2 Å². The van der Waals surface area contributed by atoms with Crippen LogP contribution < -0.4 is 5.32 Å². The molecule has 1 amide bonds. The number of aromatic nitrogens is 2. The maximum Gasteiger partial charge on any atom is 0.251 e. The molecule has 0 bridgehead atoms. The molecule has 1 heterocycles. The molecule has 0 radical (unpaired) electrons. The Morgan fingerprint density at radius 1 is 1.58 bits per heavy atom. The van der Waals surface area contributed by atoms with E-state index in [0.717, 1.165) is 5.52 Å². The Bertz CT molecular complexity index is 609. The zero-order valence-electron chi connectivity index (χ0n) is 10.9. The van der Waals surface area contributed by atoms with Gasteiger partial charge < -0.3 is 15.0 Å². The summed E-state index contributed by atoms with van der Waals surface area (Å²) in [6.45, 7) is 1.90. The predicted octanol–water partition coefficient (Wildman–Crippen LogP) is 1.73. The van der Waals surface area contributed by atoms with E-state index in [2.05, 4.69) is 10.3 Å². The molecule has 19 heavy (non-hydrogen) atoms. The fraction of sp³-hybridized carbons (Fsp3) is 0.385. The maximum absolute atomic E-state index is 12.0. The van der Waals surface area contributed by atoms with Crippen molar-refractivity contribution in [3.8, 4) is 0 Å². The molecule has 0 aliphatic heterocycles. The molecular formula is C13H16ClN3O2. The zero-order valence-corrected chi connectivity index (χ0v) is 11.6. The minimum atomic E-state index is -0.176. The number of hydrogen-bond acceptors (Lipinski definition) is 3. The second-order valence-electron chi connectivity index (χ2n) is 4.53. The first-order valence-corrected chi connectivity index (χ1v) is 6.44. The monoisotopic (exact) mass is 281 g/mol. The molecule has 0 aliphatic rings. The lowest BCUT2D eigenvalue weighted by atomic mass is 10.1. The van der Waals surface area contributed by atoms with E-state index in [1.165, 1.54) is 0 Å². The summed E-state index contributed by atoms with van der Waals surface area (Å²) < 4.78 is 1.76. The van der Waals surface area contributed by atoms with Gasteiger partial charge in [-0.1, -0.05) is 0 Å². The minimum absolute atomic E-state index is 0.0519. The summed E-state index contributed by atoms with van der Waals surface area (Å²) in [7, 11) is 1.82. The molecular weight excluding hydrogens is 266 g/mol. The van der Waals surface area contributed by atoms with E-state index < -0.39 is 0 Å². The number of nitrogens with one attached hydrogen (secondary N) is 1. The van der Waals surface area contributed by atoms with E-state index in [4.69, 9.17) is 16.7 Å². The van der Waals surface area contributed by atoms with Crippen LogP contribution in [0.2, 0.25) is 5.28 Å². The summed E-state index contributed by atoms with van der Waals surface area (Å²) in [6, 6.07) is 5.20. The third-order valence-electron chi connectivity index (χ3n) is 3.03. The molecule has 2 N–H and O–H groups in total. The van der Waals surface area contributed by atoms with Gasteiger partial charge in [-0.05, 0) is 43.1 Å². The minimum Gasteiger partial charge on any atom is -0.396 e. The highest BCUT2D eigenvalue weighted by atomic mass is 35.5. The van der Waals surface area contributed by atoms with Crippen molar-refractivity contribution in [2.45, 2.75) is 19.4 Å². The Morgan fingerprint density at radius 3 is 3.00 bits per heavy atom. The number of amides is 1. The number of aliphatic hydroxyl groups is 1. The molecule has 0 unspecified atom stereocenters. The molecule has 5 nitrogen and oxygen atoms in total. The standard InChI is InChI=1S/C13H16ClN3O2/c1-8(5-6-18)15-12(19)9-3-4-11-10(7-9)16-13(14)17(11)2/h3-4,7-8,18H,5-6H2,1-2H3,(H,15,19)/t8-/m0/s1. The van der Waals surface area contributed by atoms with Crippen molar-refractivity contribution >= 4 is 28.5 Å². The zero-order chi connectivity index (χ0) is 14.0. The quantitative estimate of drug-likeness (QED) is 0.897. The number of benzene rings is 1. The smallest absolute Gasteiger partial charge is 0.251 e. The van der Waals surface area contributed by atoms with Crippen LogP contribution in [-0.2, 0) is 7.05 Å². The Labute approximate surface area is 116 Å². The van der Waals surface area contributed by atoms with Gasteiger partial charge in [0.15, 0.2) is 0 Å². The van der Waals surface area contributed by atoms with Crippen molar-refractivity contribution in [3.63, 3.8) is 0 Å². The molecule has 0 saturated heterocycles. The van der Waals surface area contributed by atoms with Crippen LogP contribution in [0.3, 0.4) is 0 Å². The Balaban J connectivity index is 2.23. The van der Waals surface area contributed by atoms with Gasteiger partial charge in [0.2, 0.25) is 5.28 Å². The van der Waals surface area contributed by atoms with Crippen LogP contribution in [0.5, 0.6) is 0 Å². The fourth-order valence-electron chi connectivity index (χ4n) is 1.88. The fourth-order valence-corrected chi connectivity index (χ4v) is 2.07. The van der Waals surface area contributed by atoms with Gasteiger partial charge >= 0.3 is 0 Å². The topological polar surface area (TPSA) is 67.2 Å². The van der Waals surface area contributed by atoms with E-state index in [1.807, 2.05) is 20.0 Å². The summed E-state index contributed by atoms with van der Waals surface area (Å²) in [5, 5.41) is 12.0. The average molecular weight is 282 g/mol. The lowest BCUT2D eigenvalue weighted by Crippen LogP contribution is -2.33. The summed E-state index contributed by atoms with van der Waals surface area (Å²) in [6.07, 6.45) is 0.531. The van der Waals surface area contributed by atoms with Gasteiger partial charge in [0.05, 0.1) is 11.0 Å². The van der Waals surface area contributed by atoms with Gasteiger partial charge in [0.25, 0.3) is 5.91 Å². The van der Waals surface area contributed by atoms with Crippen LogP contribution in [0.1, 0.15) is 23.7 Å². The van der Waals surface area contributed by atoms with E-state index in [1.54, 1.807) is 16.7 Å². The first-order chi connectivity index (χ1) is 9.02. The SMILES string of the molecule is C[C@@H](CCO)NC(=O)c1ccc2c(c1)nc(Cl)n2C. The molecule has 2 rings (SSSR count). The molecule has 0 spiro atoms. The Morgan fingerprint density at radius 2 is 2.32 bits per heavy atom. The van der Waals surface area contributed by atoms with Gasteiger partial charge in [-0.25, -0.2) is 4.98 Å². The second kappa shape index (κ2) is 5.59. The molecule has 1 atom stereocenters. The van der Waals surface area contributed by atoms with Crippen molar-refractivity contribution in [1.82, 2.24) is 14.9 Å². The third-order valence-corrected chi connectivity index (χ3v) is 3.37. The molecule has 1 aromatic carbocycles. The molecule has 0 saturated carbocycles. The second-order valence-corrected chi connectivity index (χ2v) is 4.87. The number of carbonyl (C=O) groups is 1. The molecule has 0 aliphatic carbocycles. The van der Waals surface area contributed by atoms with Gasteiger partial charge in [-0.15, -0.1) is 0 Å². The van der Waals surface area contributed by atoms with Gasteiger partial charge in [0, 0.05) is 25.3 Å². The lowest BCUT2D eigenvalue weighted by molar-refractivity contribution is 0.0934. The predicted molar refractivity (Wildman–Crippen MR) is 74.4 cm³/mol. The summed E-state index contributed by atoms with van der Waals surface area (Å²) in [4.78, 5) is 16.2. The van der Waals surface area contributed by atoms with Crippen LogP contribution in [-0.4, -0.2) is 33.2 Å². The van der Waals surface area contributed by atoms with E-state index in [0.29, 0.717) is 22.8 Å². The Kier molecular flexibility index (Phi) is 4.07. The average Bonchev–Trinajstić information content (AvgIpc) is 2.65. The number of carbonyl (C=O) groups excluding carboxylic acids is 1. The van der Waals surface area contributed by atoms with Crippen molar-refractivity contribution in [1.29, 1.82) is 0 Å². The molecule has 6 heteroatoms. The Hall–Kier alpha value is -1.59. The summed E-state index contributed by atoms with van der Waals surface area (Å²) in [5.74, 6) is -0.176. The number of rotatable bonds is 4. The number of imidazole rings is 1. The lowest BCUT2D eigenvalue weighted by Gasteiger charge is -2.12.